The third kappa shape index (κ3) is 2.08. The maximum Gasteiger partial charge on any atom is 0.133 e. The van der Waals surface area contributed by atoms with Crippen LogP contribution in [0.4, 0.5) is 0 Å². The average Bonchev–Trinajstić information content (AvgIpc) is 2.31. The number of nitrogens with one attached hydrogen (secondary N) is 1. The Morgan fingerprint density at radius 1 is 1.06 bits per heavy atom. The molecule has 2 nitrogen and oxygen atoms in total. The van der Waals surface area contributed by atoms with Crippen molar-refractivity contribution in [3.8, 4) is 0 Å². The molecule has 2 aromatic carbocycles. The van der Waals surface area contributed by atoms with E-state index in [-0.39, 0.29) is 6.23 Å². The molecule has 2 rings (SSSR count). The summed E-state index contributed by atoms with van der Waals surface area (Å²) < 4.78 is 5.35. The van der Waals surface area contributed by atoms with Gasteiger partial charge in [0.05, 0.1) is 0 Å². The standard InChI is InChI=1S/C14H17NO/c1-10-4-5-12-9-13(14(15-2)16-3)7-6-11(12)8-10/h4-9,14-15H,1-3H3. The summed E-state index contributed by atoms with van der Waals surface area (Å²) in [5.74, 6) is 0. The first-order valence-electron chi connectivity index (χ1n) is 5.45. The summed E-state index contributed by atoms with van der Waals surface area (Å²) in [5.41, 5.74) is 2.44. The van der Waals surface area contributed by atoms with Crippen molar-refractivity contribution >= 4 is 10.8 Å². The van der Waals surface area contributed by atoms with Gasteiger partial charge in [0.1, 0.15) is 6.23 Å². The Morgan fingerprint density at radius 2 is 1.75 bits per heavy atom. The van der Waals surface area contributed by atoms with E-state index in [2.05, 4.69) is 48.6 Å². The van der Waals surface area contributed by atoms with Crippen LogP contribution in [0, 0.1) is 6.92 Å². The van der Waals surface area contributed by atoms with Crippen molar-refractivity contribution in [2.45, 2.75) is 13.2 Å². The number of fused-ring (bicyclic) bond motifs is 1. The van der Waals surface area contributed by atoms with Gasteiger partial charge in [0.2, 0.25) is 0 Å². The normalized spacial score (nSPS) is 12.9. The third-order valence-corrected chi connectivity index (χ3v) is 2.82. The van der Waals surface area contributed by atoms with Gasteiger partial charge in [-0.2, -0.15) is 0 Å². The molecule has 84 valence electrons. The summed E-state index contributed by atoms with van der Waals surface area (Å²) in [5, 5.41) is 5.65. The van der Waals surface area contributed by atoms with Crippen LogP contribution in [0.2, 0.25) is 0 Å². The number of rotatable bonds is 3. The van der Waals surface area contributed by atoms with E-state index in [1.165, 1.54) is 16.3 Å². The molecule has 0 aliphatic heterocycles. The summed E-state index contributed by atoms with van der Waals surface area (Å²) in [6.45, 7) is 2.11. The molecule has 0 saturated heterocycles. The van der Waals surface area contributed by atoms with E-state index in [1.54, 1.807) is 7.11 Å². The van der Waals surface area contributed by atoms with Gasteiger partial charge in [-0.25, -0.2) is 0 Å². The van der Waals surface area contributed by atoms with E-state index in [0.29, 0.717) is 0 Å². The van der Waals surface area contributed by atoms with Gasteiger partial charge in [-0.3, -0.25) is 5.32 Å². The van der Waals surface area contributed by atoms with Gasteiger partial charge in [-0.05, 0) is 36.4 Å². The first-order chi connectivity index (χ1) is 7.74. The lowest BCUT2D eigenvalue weighted by Crippen LogP contribution is -2.17. The molecule has 16 heavy (non-hydrogen) atoms. The topological polar surface area (TPSA) is 21.3 Å². The largest absolute Gasteiger partial charge is 0.362 e. The van der Waals surface area contributed by atoms with Gasteiger partial charge >= 0.3 is 0 Å². The predicted octanol–water partition coefficient (Wildman–Crippen LogP) is 3.01. The van der Waals surface area contributed by atoms with Crippen LogP contribution in [-0.4, -0.2) is 14.2 Å². The molecule has 0 saturated carbocycles. The monoisotopic (exact) mass is 215 g/mol. The van der Waals surface area contributed by atoms with Crippen LogP contribution < -0.4 is 5.32 Å². The second-order valence-electron chi connectivity index (χ2n) is 4.01. The molecule has 0 heterocycles. The van der Waals surface area contributed by atoms with Gasteiger partial charge in [-0.15, -0.1) is 0 Å². The quantitative estimate of drug-likeness (QED) is 0.795. The molecule has 0 bridgehead atoms. The fraction of sp³-hybridized carbons (Fsp3) is 0.286. The highest BCUT2D eigenvalue weighted by Crippen LogP contribution is 2.21. The molecule has 0 amide bonds. The van der Waals surface area contributed by atoms with E-state index in [4.69, 9.17) is 4.74 Å². The first-order valence-corrected chi connectivity index (χ1v) is 5.45. The average molecular weight is 215 g/mol. The van der Waals surface area contributed by atoms with Crippen molar-refractivity contribution in [3.05, 3.63) is 47.5 Å². The maximum absolute atomic E-state index is 5.35. The molecule has 2 heteroatoms. The van der Waals surface area contributed by atoms with E-state index >= 15 is 0 Å². The van der Waals surface area contributed by atoms with Crippen LogP contribution in [0.25, 0.3) is 10.8 Å². The molecule has 0 radical (unpaired) electrons. The minimum absolute atomic E-state index is 0.0364. The van der Waals surface area contributed by atoms with Crippen molar-refractivity contribution in [1.82, 2.24) is 5.32 Å². The Morgan fingerprint density at radius 3 is 2.44 bits per heavy atom. The zero-order valence-electron chi connectivity index (χ0n) is 9.95. The van der Waals surface area contributed by atoms with Crippen molar-refractivity contribution in [2.24, 2.45) is 0 Å². The molecule has 1 unspecified atom stereocenters. The third-order valence-electron chi connectivity index (χ3n) is 2.82. The zero-order chi connectivity index (χ0) is 11.5. The maximum atomic E-state index is 5.35. The smallest absolute Gasteiger partial charge is 0.133 e. The number of methoxy groups -OCH3 is 1. The molecular formula is C14H17NO. The molecule has 1 atom stereocenters. The number of hydrogen-bond donors (Lipinski definition) is 1. The van der Waals surface area contributed by atoms with E-state index in [9.17, 15) is 0 Å². The molecule has 0 aliphatic carbocycles. The summed E-state index contributed by atoms with van der Waals surface area (Å²) >= 11 is 0. The highest BCUT2D eigenvalue weighted by atomic mass is 16.5. The lowest BCUT2D eigenvalue weighted by molar-refractivity contribution is 0.0810. The Kier molecular flexibility index (Phi) is 3.22. The minimum Gasteiger partial charge on any atom is -0.362 e. The van der Waals surface area contributed by atoms with Crippen LogP contribution in [0.5, 0.6) is 0 Å². The zero-order valence-corrected chi connectivity index (χ0v) is 9.95. The Hall–Kier alpha value is -1.38. The van der Waals surface area contributed by atoms with Crippen LogP contribution >= 0.6 is 0 Å². The predicted molar refractivity (Wildman–Crippen MR) is 67.5 cm³/mol. The Labute approximate surface area is 96.2 Å². The van der Waals surface area contributed by atoms with Gasteiger partial charge in [0, 0.05) is 7.11 Å². The SMILES string of the molecule is CNC(OC)c1ccc2cc(C)ccc2c1. The summed E-state index contributed by atoms with van der Waals surface area (Å²) in [7, 11) is 3.61. The molecule has 2 aromatic rings. The fourth-order valence-electron chi connectivity index (χ4n) is 1.97. The van der Waals surface area contributed by atoms with Crippen molar-refractivity contribution in [1.29, 1.82) is 0 Å². The first kappa shape index (κ1) is 11.1. The number of ether oxygens (including phenoxy) is 1. The molecule has 0 spiro atoms. The van der Waals surface area contributed by atoms with Crippen LogP contribution in [0.3, 0.4) is 0 Å². The van der Waals surface area contributed by atoms with Crippen molar-refractivity contribution in [2.75, 3.05) is 14.2 Å². The van der Waals surface area contributed by atoms with Crippen LogP contribution in [0.15, 0.2) is 36.4 Å². The van der Waals surface area contributed by atoms with Gasteiger partial charge in [0.15, 0.2) is 0 Å². The Balaban J connectivity index is 2.47. The van der Waals surface area contributed by atoms with Crippen LogP contribution in [-0.2, 0) is 4.74 Å². The van der Waals surface area contributed by atoms with Gasteiger partial charge < -0.3 is 4.74 Å². The molecular weight excluding hydrogens is 198 g/mol. The highest BCUT2D eigenvalue weighted by molar-refractivity contribution is 5.83. The van der Waals surface area contributed by atoms with Crippen molar-refractivity contribution < 1.29 is 4.74 Å². The molecule has 0 aliphatic rings. The van der Waals surface area contributed by atoms with E-state index in [0.717, 1.165) is 5.56 Å². The second kappa shape index (κ2) is 4.64. The fourth-order valence-corrected chi connectivity index (χ4v) is 1.97. The summed E-state index contributed by atoms with van der Waals surface area (Å²) in [6.07, 6.45) is -0.0364. The minimum atomic E-state index is -0.0364. The molecule has 0 aromatic heterocycles. The number of aryl methyl sites for hydroxylation is 1. The highest BCUT2D eigenvalue weighted by Gasteiger charge is 2.07. The summed E-state index contributed by atoms with van der Waals surface area (Å²) in [4.78, 5) is 0. The van der Waals surface area contributed by atoms with Gasteiger partial charge in [-0.1, -0.05) is 35.9 Å². The van der Waals surface area contributed by atoms with Crippen molar-refractivity contribution in [3.63, 3.8) is 0 Å². The second-order valence-corrected chi connectivity index (χ2v) is 4.01. The number of benzene rings is 2. The lowest BCUT2D eigenvalue weighted by atomic mass is 10.0. The van der Waals surface area contributed by atoms with E-state index < -0.39 is 0 Å². The lowest BCUT2D eigenvalue weighted by Gasteiger charge is -2.15. The van der Waals surface area contributed by atoms with Crippen LogP contribution in [0.1, 0.15) is 17.4 Å². The summed E-state index contributed by atoms with van der Waals surface area (Å²) in [6, 6.07) is 12.9. The Bertz CT molecular complexity index is 489. The number of hydrogen-bond acceptors (Lipinski definition) is 2. The molecule has 0 fully saturated rings. The van der Waals surface area contributed by atoms with E-state index in [1.807, 2.05) is 7.05 Å². The van der Waals surface area contributed by atoms with Gasteiger partial charge in [0.25, 0.3) is 0 Å². The molecule has 1 N–H and O–H groups in total.